The molecule has 0 bridgehead atoms. The van der Waals surface area contributed by atoms with Gasteiger partial charge in [-0.15, -0.1) is 0 Å². The summed E-state index contributed by atoms with van der Waals surface area (Å²) in [5.74, 6) is -13.4. The first-order chi connectivity index (χ1) is 57.5. The first-order valence-electron chi connectivity index (χ1n) is 43.9. The van der Waals surface area contributed by atoms with Crippen molar-refractivity contribution in [2.45, 2.75) is 325 Å². The normalized spacial score (nSPS) is 29.9. The molecule has 1 saturated carbocycles. The van der Waals surface area contributed by atoms with Crippen LogP contribution in [0, 0.1) is 59.2 Å². The number of aliphatic hydroxyl groups excluding tert-OH is 2. The molecule has 33 heteroatoms. The monoisotopic (exact) mass is 1770 g/mol. The summed E-state index contributed by atoms with van der Waals surface area (Å²) < 4.78 is 39.3. The largest absolute Gasteiger partial charge is 1.00 e. The van der Waals surface area contributed by atoms with Gasteiger partial charge in [0.05, 0.1) is 75.3 Å². The maximum Gasteiger partial charge on any atom is 0.408 e. The number of alkyl carbamates (subject to hydrolysis) is 1. The van der Waals surface area contributed by atoms with Crippen LogP contribution in [0.1, 0.15) is 220 Å². The molecule has 6 rings (SSSR count). The molecule has 2 unspecified atom stereocenters. The third kappa shape index (κ3) is 30.5. The minimum atomic E-state index is -1.58. The van der Waals surface area contributed by atoms with Crippen molar-refractivity contribution < 1.29 is 129 Å². The summed E-state index contributed by atoms with van der Waals surface area (Å²) in [6.45, 7) is 34.9. The van der Waals surface area contributed by atoms with Crippen LogP contribution < -0.4 is 54.2 Å². The highest BCUT2D eigenvalue weighted by atomic mass is 35.5. The second-order valence-corrected chi connectivity index (χ2v) is 36.6. The molecular weight excluding hydrogens is 1620 g/mol. The molecule has 2 aromatic rings. The Hall–Kier alpha value is -8.85. The average Bonchev–Trinajstić information content (AvgIpc) is 1.60. The molecule has 22 atom stereocenters. The number of aliphatic hydroxyl groups is 2. The number of nitrogens with one attached hydrogen (secondary N) is 5. The fraction of sp³-hybridized carbons (Fsp3) is 0.714. The lowest BCUT2D eigenvalue weighted by molar-refractivity contribution is -0.419. The molecule has 4 fully saturated rings. The molecule has 32 nitrogen and oxygen atoms in total. The van der Waals surface area contributed by atoms with E-state index in [4.69, 9.17) is 33.2 Å². The van der Waals surface area contributed by atoms with Crippen LogP contribution in [0.2, 0.25) is 0 Å². The highest BCUT2D eigenvalue weighted by Gasteiger charge is 2.49. The number of amides is 7. The Morgan fingerprint density at radius 2 is 0.976 bits per heavy atom. The van der Waals surface area contributed by atoms with Crippen LogP contribution in [0.5, 0.6) is 11.5 Å². The molecule has 0 aromatic heterocycles. The van der Waals surface area contributed by atoms with Gasteiger partial charge in [0.2, 0.25) is 35.6 Å². The average molecular weight is 1770 g/mol. The Morgan fingerprint density at radius 1 is 0.548 bits per heavy atom. The summed E-state index contributed by atoms with van der Waals surface area (Å²) in [4.78, 5) is 201. The number of methoxy groups -OCH3 is 2. The van der Waals surface area contributed by atoms with Gasteiger partial charge in [-0.3, -0.25) is 57.6 Å². The molecule has 0 radical (unpaired) electrons. The first-order valence-corrected chi connectivity index (χ1v) is 43.9. The van der Waals surface area contributed by atoms with Crippen LogP contribution in [0.4, 0.5) is 4.79 Å². The first kappa shape index (κ1) is 107. The van der Waals surface area contributed by atoms with Gasteiger partial charge in [0, 0.05) is 50.9 Å². The van der Waals surface area contributed by atoms with E-state index in [2.05, 4.69) is 32.3 Å². The number of nitrogens with zero attached hydrogens (tertiary/aromatic N) is 3. The summed E-state index contributed by atoms with van der Waals surface area (Å²) in [6.07, 6.45) is -6.00. The molecule has 3 heterocycles. The molecule has 7 amide bonds. The number of ether oxygens (including phenoxy) is 7. The summed E-state index contributed by atoms with van der Waals surface area (Å²) in [5, 5.41) is 36.8. The number of fused-ring (bicyclic) bond motifs is 2. The van der Waals surface area contributed by atoms with Crippen LogP contribution in [0.25, 0.3) is 0 Å². The van der Waals surface area contributed by atoms with E-state index >= 15 is 0 Å². The van der Waals surface area contributed by atoms with E-state index in [-0.39, 0.29) is 67.2 Å². The van der Waals surface area contributed by atoms with Crippen molar-refractivity contribution in [3.8, 4) is 11.5 Å². The zero-order chi connectivity index (χ0) is 92.7. The maximum absolute atomic E-state index is 14.8. The highest BCUT2D eigenvalue weighted by molar-refractivity contribution is 6.06. The minimum absolute atomic E-state index is 0. The van der Waals surface area contributed by atoms with Crippen LogP contribution in [0.15, 0.2) is 48.5 Å². The Kier molecular flexibility index (Phi) is 42.7. The summed E-state index contributed by atoms with van der Waals surface area (Å²) in [7, 11) is 6.08. The van der Waals surface area contributed by atoms with Crippen LogP contribution in [-0.2, 0) is 98.9 Å². The lowest BCUT2D eigenvalue weighted by Gasteiger charge is -2.39. The highest BCUT2D eigenvalue weighted by Crippen LogP contribution is 2.37. The van der Waals surface area contributed by atoms with E-state index in [9.17, 15) is 77.3 Å². The number of rotatable bonds is 17. The van der Waals surface area contributed by atoms with Crippen LogP contribution in [0.3, 0.4) is 0 Å². The zero-order valence-corrected chi connectivity index (χ0v) is 78.2. The number of hydrogen-bond acceptors (Lipinski definition) is 24. The van der Waals surface area contributed by atoms with Crippen molar-refractivity contribution in [1.29, 1.82) is 0 Å². The predicted octanol–water partition coefficient (Wildman–Crippen LogP) is 3.54. The van der Waals surface area contributed by atoms with E-state index < -0.39 is 222 Å². The Balaban J connectivity index is 0.000000519. The standard InChI is InChI=1S/C48H77N5O12.C43H66N4O11.ClH/c1-15-28(6)39-37(54)25-38(55)64-42(27(4)5)41(56)29(7)43(57)49-34(23-26(2)3)30(8)53-22-16-17-35(53)45(59)52(13)36(24-32-18-20-33(62-14)21-19-32)46(60)63-31(9)40(44(58)50-39)51-47(61)65-48(10,11)12;1-11-24(6)36-33(48)21-34(49)58-39(23(4)5)37(50)25(7)40(52)45-31(19-22(2)3)38(51)29-13-12-14-30(29)42(54)47(9)32(20-27-15-17-28(56-10)18-16-27)43(55)57-26(8)35(44)41(53)46-36;/h18-21,26-31,34-37,39-40,42,54H,15-17,22-25H2,1-14H3,(H,49,57)(H,50,58)(H,51,61);15-18,22-26,29-33,35-36,39,48H,11-14,19-21,44H2,1-10H3,(H,45,52)(H,46,53);1H/t28-,29-,30?,31+,34-,35-,36-,37-,39+,40-,42-;24-,25-,26+,29?,30+,31-,32-,33-,35-,36+,39-;/m00./s1. The molecule has 10 N–H and O–H groups in total. The summed E-state index contributed by atoms with van der Waals surface area (Å²) in [6, 6.07) is 4.25. The van der Waals surface area contributed by atoms with Gasteiger partial charge >= 0.3 is 30.0 Å². The zero-order valence-electron chi connectivity index (χ0n) is 77.4. The van der Waals surface area contributed by atoms with E-state index in [1.54, 1.807) is 111 Å². The minimum Gasteiger partial charge on any atom is -1.00 e. The van der Waals surface area contributed by atoms with Gasteiger partial charge in [-0.25, -0.2) is 14.4 Å². The molecule has 3 aliphatic heterocycles. The fourth-order valence-corrected chi connectivity index (χ4v) is 16.1. The molecule has 698 valence electrons. The number of hydrogen-bond donors (Lipinski definition) is 8. The number of esters is 4. The number of cyclic esters (lactones) is 4. The van der Waals surface area contributed by atoms with Crippen molar-refractivity contribution in [3.05, 3.63) is 59.7 Å². The summed E-state index contributed by atoms with van der Waals surface area (Å²) >= 11 is 0. The van der Waals surface area contributed by atoms with Gasteiger partial charge in [-0.05, 0) is 171 Å². The number of quaternary nitrogens is 1. The number of likely N-dealkylation sites (N-methyl/N-ethyl adjacent to an activating group) is 2. The van der Waals surface area contributed by atoms with E-state index in [0.29, 0.717) is 80.5 Å². The SMILES string of the molecule is CC[C@H](C)[C@H]1NC(=O)[C@@H](NC(=O)OC(C)(C)C)[C@@H](C)OC(=O)[C@H](Cc2ccc(OC)cc2)N(C)C(=O)[C@@H]2CCCN2C(C)[C@H](CC(C)C)NC(=O)[C@@H](C)C(=O)[C@H](C(C)C)OC(=O)C[C@@H]1O.CC[C@H](C)[C@H]1NC(=O)[C@@H]([NH3+])[C@@H](C)OC(=O)[C@H](Cc2ccc(OC)cc2)N(C)C(=O)[C@@H]2CCCC2C(=O)[C@H](CC(C)C)NC(=O)[C@@H](C)C(=O)[C@H](C(C)C)OC(=O)C[C@@H]1O.[Cl-]. The number of carbonyl (C=O) groups excluding carboxylic acids is 14. The van der Waals surface area contributed by atoms with Gasteiger partial charge in [-0.2, -0.15) is 0 Å². The van der Waals surface area contributed by atoms with Crippen molar-refractivity contribution in [2.24, 2.45) is 59.2 Å². The predicted molar refractivity (Wildman–Crippen MR) is 457 cm³/mol. The smallest absolute Gasteiger partial charge is 0.408 e. The Labute approximate surface area is 738 Å². The lowest BCUT2D eigenvalue weighted by atomic mass is 9.84. The molecule has 2 aromatic carbocycles. The number of halogens is 1. The number of benzene rings is 2. The molecule has 3 saturated heterocycles. The topological polar surface area (TPSA) is 442 Å². The lowest BCUT2D eigenvalue weighted by Crippen LogP contribution is -3.00. The van der Waals surface area contributed by atoms with Crippen molar-refractivity contribution >= 4 is 82.8 Å². The summed E-state index contributed by atoms with van der Waals surface area (Å²) in [5.41, 5.74) is 4.37. The number of Topliss-reactive ketones (excluding diaryl/α,β-unsaturated/α-hetero) is 3. The Morgan fingerprint density at radius 3 is 1.40 bits per heavy atom. The number of carbonyl (C=O) groups is 14. The quantitative estimate of drug-likeness (QED) is 0.0638. The third-order valence-electron chi connectivity index (χ3n) is 24.2. The van der Waals surface area contributed by atoms with Gasteiger partial charge in [-0.1, -0.05) is 127 Å². The van der Waals surface area contributed by atoms with Gasteiger partial charge in [0.15, 0.2) is 35.7 Å². The molecule has 4 aliphatic rings. The van der Waals surface area contributed by atoms with E-state index in [1.807, 2.05) is 53.4 Å². The Bertz CT molecular complexity index is 3910. The number of ketones is 3. The van der Waals surface area contributed by atoms with Gasteiger partial charge in [0.1, 0.15) is 41.3 Å². The maximum atomic E-state index is 14.8. The third-order valence-corrected chi connectivity index (χ3v) is 24.2. The van der Waals surface area contributed by atoms with E-state index in [1.165, 1.54) is 65.8 Å². The van der Waals surface area contributed by atoms with Crippen molar-refractivity contribution in [2.75, 3.05) is 34.9 Å². The van der Waals surface area contributed by atoms with Crippen molar-refractivity contribution in [1.82, 2.24) is 41.3 Å². The van der Waals surface area contributed by atoms with E-state index in [0.717, 1.165) is 0 Å². The second kappa shape index (κ2) is 49.3. The molecule has 124 heavy (non-hydrogen) atoms. The molecule has 1 aliphatic carbocycles. The second-order valence-electron chi connectivity index (χ2n) is 36.6. The molecular formula is C91H144ClN9O23. The van der Waals surface area contributed by atoms with Crippen LogP contribution >= 0.6 is 0 Å². The molecule has 0 spiro atoms. The van der Waals surface area contributed by atoms with Crippen LogP contribution in [-0.4, -0.2) is 245 Å². The van der Waals surface area contributed by atoms with Crippen molar-refractivity contribution in [3.63, 3.8) is 0 Å². The fourth-order valence-electron chi connectivity index (χ4n) is 16.1. The van der Waals surface area contributed by atoms with Gasteiger partial charge < -0.3 is 97.9 Å². The van der Waals surface area contributed by atoms with Gasteiger partial charge in [0.25, 0.3) is 5.91 Å².